The maximum absolute atomic E-state index is 3.44. The third kappa shape index (κ3) is 14.7. The quantitative estimate of drug-likeness (QED) is 0.337. The molecular weight excluding hydrogens is 346 g/mol. The molecule has 0 nitrogen and oxygen atoms in total. The summed E-state index contributed by atoms with van der Waals surface area (Å²) in [6.07, 6.45) is 6.55. The number of rotatable bonds is 5. The first-order valence-electron chi connectivity index (χ1n) is 5.99. The molecule has 0 aliphatic carbocycles. The van der Waals surface area contributed by atoms with Gasteiger partial charge in [-0.2, -0.15) is 32.4 Å². The van der Waals surface area contributed by atoms with Crippen LogP contribution in [0, 0.1) is 11.3 Å². The van der Waals surface area contributed by atoms with E-state index in [0.717, 1.165) is 0 Å². The van der Waals surface area contributed by atoms with E-state index in [4.69, 9.17) is 0 Å². The number of halogens is 1. The Labute approximate surface area is 132 Å². The van der Waals surface area contributed by atoms with E-state index in [-0.39, 0.29) is 19.5 Å². The van der Waals surface area contributed by atoms with Crippen LogP contribution in [0.25, 0.3) is 0 Å². The van der Waals surface area contributed by atoms with Crippen molar-refractivity contribution in [3.8, 4) is 0 Å². The van der Waals surface area contributed by atoms with Crippen molar-refractivity contribution in [3.05, 3.63) is 26.7 Å². The number of hydrogen-bond acceptors (Lipinski definition) is 1. The van der Waals surface area contributed by atoms with Gasteiger partial charge in [0.05, 0.1) is 0 Å². The van der Waals surface area contributed by atoms with Gasteiger partial charge in [0, 0.05) is 0 Å². The molecule has 0 atom stereocenters. The first-order valence-corrected chi connectivity index (χ1v) is 7.59. The summed E-state index contributed by atoms with van der Waals surface area (Å²) in [7, 11) is 0. The van der Waals surface area contributed by atoms with Gasteiger partial charge in [-0.15, -0.1) is 21.3 Å². The largest absolute Gasteiger partial charge is 2.00 e. The van der Waals surface area contributed by atoms with Gasteiger partial charge in [-0.1, -0.05) is 42.8 Å². The molecule has 1 rings (SSSR count). The maximum atomic E-state index is 3.44. The molecule has 0 saturated carbocycles. The van der Waals surface area contributed by atoms with Gasteiger partial charge in [0.1, 0.15) is 0 Å². The second-order valence-corrected chi connectivity index (χ2v) is 6.72. The molecule has 0 saturated heterocycles. The summed E-state index contributed by atoms with van der Waals surface area (Å²) in [5.41, 5.74) is 1.36. The molecule has 1 aromatic rings. The Kier molecular flexibility index (Phi) is 15.7. The van der Waals surface area contributed by atoms with Gasteiger partial charge >= 0.3 is 19.5 Å². The minimum atomic E-state index is 0. The molecule has 0 aliphatic rings. The minimum Gasteiger partial charge on any atom is -0.323 e. The first kappa shape index (κ1) is 20.1. The van der Waals surface area contributed by atoms with E-state index in [1.165, 1.54) is 47.4 Å². The van der Waals surface area contributed by atoms with Crippen LogP contribution < -0.4 is 0 Å². The first-order chi connectivity index (χ1) is 7.56. The van der Waals surface area contributed by atoms with Crippen molar-refractivity contribution < 1.29 is 19.5 Å². The van der Waals surface area contributed by atoms with E-state index in [1.54, 1.807) is 11.3 Å². The fourth-order valence-corrected chi connectivity index (χ4v) is 2.29. The zero-order chi connectivity index (χ0) is 12.4. The van der Waals surface area contributed by atoms with Crippen LogP contribution in [0.1, 0.15) is 58.9 Å². The number of thiophene rings is 1. The standard InChI is InChI=1S/C10H14BrS.C4H9.Zn/c1-2-3-4-5-6-9-7-10(11)12-8-9;1-4(2)3;/h7H,2-6H2,1H3;1-3H3;/q2*-1;+2. The Morgan fingerprint density at radius 1 is 1.24 bits per heavy atom. The number of hydrogen-bond donors (Lipinski definition) is 0. The zero-order valence-corrected chi connectivity index (χ0v) is 17.0. The summed E-state index contributed by atoms with van der Waals surface area (Å²) in [5, 5.41) is 3.28. The number of aryl methyl sites for hydroxylation is 1. The van der Waals surface area contributed by atoms with E-state index in [1.807, 2.05) is 0 Å². The second kappa shape index (κ2) is 13.2. The molecule has 0 aliphatic heterocycles. The predicted molar refractivity (Wildman–Crippen MR) is 79.0 cm³/mol. The van der Waals surface area contributed by atoms with Gasteiger partial charge in [-0.25, -0.2) is 0 Å². The summed E-state index contributed by atoms with van der Waals surface area (Å²) in [6, 6.07) is 2.18. The van der Waals surface area contributed by atoms with Crippen molar-refractivity contribution in [2.45, 2.75) is 59.8 Å². The molecule has 1 aromatic heterocycles. The van der Waals surface area contributed by atoms with Crippen LogP contribution in [-0.2, 0) is 25.9 Å². The van der Waals surface area contributed by atoms with Gasteiger partial charge < -0.3 is 5.92 Å². The second-order valence-electron chi connectivity index (χ2n) is 4.49. The zero-order valence-electron chi connectivity index (χ0n) is 11.6. The summed E-state index contributed by atoms with van der Waals surface area (Å²) < 4.78 is 1.20. The molecule has 3 heteroatoms. The Balaban J connectivity index is 0. The molecule has 0 unspecified atom stereocenters. The van der Waals surface area contributed by atoms with Crippen molar-refractivity contribution in [2.75, 3.05) is 0 Å². The van der Waals surface area contributed by atoms with Crippen LogP contribution in [0.2, 0.25) is 0 Å². The van der Waals surface area contributed by atoms with Crippen molar-refractivity contribution in [1.29, 1.82) is 0 Å². The van der Waals surface area contributed by atoms with Crippen LogP contribution in [0.3, 0.4) is 0 Å². The molecule has 0 bridgehead atoms. The van der Waals surface area contributed by atoms with Gasteiger partial charge in [-0.05, 0) is 0 Å². The topological polar surface area (TPSA) is 0 Å². The molecule has 17 heavy (non-hydrogen) atoms. The third-order valence-corrected chi connectivity index (χ3v) is 3.26. The molecule has 0 fully saturated rings. The van der Waals surface area contributed by atoms with Crippen LogP contribution in [0.4, 0.5) is 0 Å². The van der Waals surface area contributed by atoms with Crippen molar-refractivity contribution in [1.82, 2.24) is 0 Å². The Morgan fingerprint density at radius 2 is 1.82 bits per heavy atom. The van der Waals surface area contributed by atoms with Crippen LogP contribution in [0.5, 0.6) is 0 Å². The normalized spacial score (nSPS) is 9.53. The summed E-state index contributed by atoms with van der Waals surface area (Å²) in [4.78, 5) is 0. The van der Waals surface area contributed by atoms with Gasteiger partial charge in [0.25, 0.3) is 0 Å². The molecule has 0 amide bonds. The average molecular weight is 369 g/mol. The van der Waals surface area contributed by atoms with Gasteiger partial charge in [-0.3, -0.25) is 11.3 Å². The van der Waals surface area contributed by atoms with E-state index < -0.39 is 0 Å². The summed E-state index contributed by atoms with van der Waals surface area (Å²) in [6.45, 7) is 8.49. The fourth-order valence-electron chi connectivity index (χ4n) is 1.18. The maximum Gasteiger partial charge on any atom is 2.00 e. The van der Waals surface area contributed by atoms with E-state index in [0.29, 0.717) is 0 Å². The third-order valence-electron chi connectivity index (χ3n) is 1.87. The van der Waals surface area contributed by atoms with E-state index in [9.17, 15) is 0 Å². The minimum absolute atomic E-state index is 0. The summed E-state index contributed by atoms with van der Waals surface area (Å²) in [5.74, 6) is 1.42. The molecule has 0 spiro atoms. The molecule has 94 valence electrons. The predicted octanol–water partition coefficient (Wildman–Crippen LogP) is 6.05. The van der Waals surface area contributed by atoms with Gasteiger partial charge in [0.2, 0.25) is 0 Å². The van der Waals surface area contributed by atoms with Crippen molar-refractivity contribution in [3.63, 3.8) is 0 Å². The van der Waals surface area contributed by atoms with Crippen molar-refractivity contribution >= 4 is 27.3 Å². The molecular formula is C14H23BrSZn. The van der Waals surface area contributed by atoms with E-state index >= 15 is 0 Å². The van der Waals surface area contributed by atoms with E-state index in [2.05, 4.69) is 55.1 Å². The Morgan fingerprint density at radius 3 is 2.24 bits per heavy atom. The van der Waals surface area contributed by atoms with Gasteiger partial charge in [0.15, 0.2) is 0 Å². The van der Waals surface area contributed by atoms with Crippen LogP contribution in [-0.4, -0.2) is 0 Å². The molecule has 0 aromatic carbocycles. The average Bonchev–Trinajstić information content (AvgIpc) is 2.58. The SMILES string of the molecule is CCCCCCc1[c-]sc(Br)c1.C[C-](C)C.[Zn+2]. The molecule has 1 heterocycles. The number of unbranched alkanes of at least 4 members (excludes halogenated alkanes) is 3. The summed E-state index contributed by atoms with van der Waals surface area (Å²) >= 11 is 5.10. The monoisotopic (exact) mass is 366 g/mol. The molecule has 0 N–H and O–H groups in total. The smallest absolute Gasteiger partial charge is 0.323 e. The Bertz CT molecular complexity index is 256. The van der Waals surface area contributed by atoms with Crippen molar-refractivity contribution in [2.24, 2.45) is 0 Å². The van der Waals surface area contributed by atoms with Crippen LogP contribution >= 0.6 is 27.3 Å². The van der Waals surface area contributed by atoms with Crippen LogP contribution in [0.15, 0.2) is 9.85 Å². The fraction of sp³-hybridized carbons (Fsp3) is 0.643. The Hall–Kier alpha value is 0.803. The molecule has 0 radical (unpaired) electrons.